The van der Waals surface area contributed by atoms with Gasteiger partial charge in [0.15, 0.2) is 0 Å². The molecule has 0 radical (unpaired) electrons. The number of H-pyrrole nitrogens is 1. The zero-order chi connectivity index (χ0) is 13.1. The second-order valence-corrected chi connectivity index (χ2v) is 4.37. The van der Waals surface area contributed by atoms with Crippen molar-refractivity contribution in [2.75, 3.05) is 0 Å². The molecule has 0 fully saturated rings. The second kappa shape index (κ2) is 4.98. The van der Waals surface area contributed by atoms with Gasteiger partial charge in [-0.2, -0.15) is 0 Å². The van der Waals surface area contributed by atoms with Crippen molar-refractivity contribution in [2.45, 2.75) is 6.54 Å². The lowest BCUT2D eigenvalue weighted by Gasteiger charge is -1.98. The van der Waals surface area contributed by atoms with E-state index in [1.165, 1.54) is 0 Å². The van der Waals surface area contributed by atoms with Crippen LogP contribution in [-0.4, -0.2) is 9.55 Å². The standard InChI is InChI=1S/C16H14N2O/c19-16-17-14-10-4-5-11-15(14)18(16)12-6-9-13-7-2-1-3-8-13/h1-11H,12H2,(H,17,19)/b9-6+. The van der Waals surface area contributed by atoms with Crippen LogP contribution in [0, 0.1) is 0 Å². The van der Waals surface area contributed by atoms with Gasteiger partial charge in [0.2, 0.25) is 0 Å². The Balaban J connectivity index is 1.88. The van der Waals surface area contributed by atoms with Gasteiger partial charge in [-0.25, -0.2) is 4.79 Å². The number of rotatable bonds is 3. The smallest absolute Gasteiger partial charge is 0.306 e. The Morgan fingerprint density at radius 2 is 1.74 bits per heavy atom. The van der Waals surface area contributed by atoms with E-state index in [4.69, 9.17) is 0 Å². The van der Waals surface area contributed by atoms with Gasteiger partial charge in [0, 0.05) is 6.54 Å². The maximum atomic E-state index is 11.9. The van der Waals surface area contributed by atoms with Crippen LogP contribution in [0.3, 0.4) is 0 Å². The molecule has 0 aliphatic heterocycles. The summed E-state index contributed by atoms with van der Waals surface area (Å²) >= 11 is 0. The van der Waals surface area contributed by atoms with Gasteiger partial charge in [-0.15, -0.1) is 0 Å². The first-order valence-electron chi connectivity index (χ1n) is 6.24. The number of imidazole rings is 1. The molecule has 3 nitrogen and oxygen atoms in total. The van der Waals surface area contributed by atoms with Crippen LogP contribution in [0.4, 0.5) is 0 Å². The minimum atomic E-state index is -0.0705. The zero-order valence-corrected chi connectivity index (χ0v) is 10.4. The maximum absolute atomic E-state index is 11.9. The zero-order valence-electron chi connectivity index (χ0n) is 10.4. The molecule has 1 heterocycles. The predicted octanol–water partition coefficient (Wildman–Crippen LogP) is 3.04. The molecule has 2 aromatic carbocycles. The molecule has 0 bridgehead atoms. The second-order valence-electron chi connectivity index (χ2n) is 4.37. The fraction of sp³-hybridized carbons (Fsp3) is 0.0625. The number of aromatic amines is 1. The number of nitrogens with one attached hydrogen (secondary N) is 1. The van der Waals surface area contributed by atoms with E-state index < -0.39 is 0 Å². The van der Waals surface area contributed by atoms with E-state index >= 15 is 0 Å². The van der Waals surface area contributed by atoms with E-state index in [2.05, 4.69) is 4.98 Å². The summed E-state index contributed by atoms with van der Waals surface area (Å²) in [5.74, 6) is 0. The van der Waals surface area contributed by atoms with Crippen LogP contribution < -0.4 is 5.69 Å². The molecule has 0 atom stereocenters. The van der Waals surface area contributed by atoms with Crippen molar-refractivity contribution in [2.24, 2.45) is 0 Å². The number of hydrogen-bond acceptors (Lipinski definition) is 1. The van der Waals surface area contributed by atoms with Crippen LogP contribution in [0.1, 0.15) is 5.56 Å². The highest BCUT2D eigenvalue weighted by atomic mass is 16.1. The summed E-state index contributed by atoms with van der Waals surface area (Å²) in [4.78, 5) is 14.7. The van der Waals surface area contributed by atoms with Crippen molar-refractivity contribution in [1.29, 1.82) is 0 Å². The normalized spacial score (nSPS) is 11.4. The van der Waals surface area contributed by atoms with Crippen molar-refractivity contribution in [3.63, 3.8) is 0 Å². The molecule has 0 amide bonds. The number of hydrogen-bond donors (Lipinski definition) is 1. The first-order valence-corrected chi connectivity index (χ1v) is 6.24. The SMILES string of the molecule is O=c1[nH]c2ccccc2n1C/C=C/c1ccccc1. The molecule has 0 saturated carbocycles. The topological polar surface area (TPSA) is 37.8 Å². The molecular formula is C16H14N2O. The molecule has 1 N–H and O–H groups in total. The molecular weight excluding hydrogens is 236 g/mol. The first kappa shape index (κ1) is 11.5. The average molecular weight is 250 g/mol. The van der Waals surface area contributed by atoms with Gasteiger partial charge in [0.1, 0.15) is 0 Å². The molecule has 0 unspecified atom stereocenters. The first-order chi connectivity index (χ1) is 9.34. The van der Waals surface area contributed by atoms with Gasteiger partial charge in [0.05, 0.1) is 11.0 Å². The summed E-state index contributed by atoms with van der Waals surface area (Å²) in [5.41, 5.74) is 2.88. The number of allylic oxidation sites excluding steroid dienone is 1. The lowest BCUT2D eigenvalue weighted by Crippen LogP contribution is -2.15. The third kappa shape index (κ3) is 2.36. The number of para-hydroxylation sites is 2. The largest absolute Gasteiger partial charge is 0.326 e. The third-order valence-electron chi connectivity index (χ3n) is 3.08. The lowest BCUT2D eigenvalue weighted by atomic mass is 10.2. The minimum absolute atomic E-state index is 0.0705. The summed E-state index contributed by atoms with van der Waals surface area (Å²) in [6.45, 7) is 0.567. The van der Waals surface area contributed by atoms with Crippen molar-refractivity contribution < 1.29 is 0 Å². The number of aromatic nitrogens is 2. The number of benzene rings is 2. The highest BCUT2D eigenvalue weighted by Gasteiger charge is 2.03. The molecule has 94 valence electrons. The molecule has 3 rings (SSSR count). The summed E-state index contributed by atoms with van der Waals surface area (Å²) in [7, 11) is 0. The van der Waals surface area contributed by atoms with E-state index in [1.54, 1.807) is 4.57 Å². The maximum Gasteiger partial charge on any atom is 0.326 e. The Morgan fingerprint density at radius 3 is 2.58 bits per heavy atom. The highest BCUT2D eigenvalue weighted by Crippen LogP contribution is 2.09. The van der Waals surface area contributed by atoms with Crippen molar-refractivity contribution in [3.05, 3.63) is 76.7 Å². The Bertz CT molecular complexity index is 766. The van der Waals surface area contributed by atoms with Crippen molar-refractivity contribution >= 4 is 17.1 Å². The molecule has 3 heteroatoms. The average Bonchev–Trinajstić information content (AvgIpc) is 2.76. The van der Waals surface area contributed by atoms with E-state index in [-0.39, 0.29) is 5.69 Å². The third-order valence-corrected chi connectivity index (χ3v) is 3.08. The van der Waals surface area contributed by atoms with Gasteiger partial charge in [-0.3, -0.25) is 4.57 Å². The molecule has 3 aromatic rings. The van der Waals surface area contributed by atoms with Crippen LogP contribution in [0.2, 0.25) is 0 Å². The van der Waals surface area contributed by atoms with Crippen LogP contribution in [-0.2, 0) is 6.54 Å². The highest BCUT2D eigenvalue weighted by molar-refractivity contribution is 5.75. The fourth-order valence-corrected chi connectivity index (χ4v) is 2.15. The van der Waals surface area contributed by atoms with E-state index in [1.807, 2.05) is 66.7 Å². The molecule has 19 heavy (non-hydrogen) atoms. The summed E-state index contributed by atoms with van der Waals surface area (Å²) < 4.78 is 1.73. The molecule has 0 spiro atoms. The fourth-order valence-electron chi connectivity index (χ4n) is 2.15. The van der Waals surface area contributed by atoms with Gasteiger partial charge >= 0.3 is 5.69 Å². The Morgan fingerprint density at radius 1 is 1.00 bits per heavy atom. The van der Waals surface area contributed by atoms with Gasteiger partial charge in [-0.1, -0.05) is 54.6 Å². The Labute approximate surface area is 110 Å². The lowest BCUT2D eigenvalue weighted by molar-refractivity contribution is 0.810. The molecule has 0 aliphatic carbocycles. The Kier molecular flexibility index (Phi) is 3.02. The molecule has 0 saturated heterocycles. The summed E-state index contributed by atoms with van der Waals surface area (Å²) in [6, 6.07) is 17.8. The number of nitrogens with zero attached hydrogens (tertiary/aromatic N) is 1. The summed E-state index contributed by atoms with van der Waals surface area (Å²) in [6.07, 6.45) is 4.02. The van der Waals surface area contributed by atoms with Crippen LogP contribution in [0.15, 0.2) is 65.5 Å². The number of fused-ring (bicyclic) bond motifs is 1. The predicted molar refractivity (Wildman–Crippen MR) is 78.0 cm³/mol. The summed E-state index contributed by atoms with van der Waals surface area (Å²) in [5, 5.41) is 0. The molecule has 0 aliphatic rings. The van der Waals surface area contributed by atoms with Crippen LogP contribution in [0.5, 0.6) is 0 Å². The minimum Gasteiger partial charge on any atom is -0.306 e. The molecule has 1 aromatic heterocycles. The van der Waals surface area contributed by atoms with E-state index in [0.717, 1.165) is 16.6 Å². The van der Waals surface area contributed by atoms with E-state index in [9.17, 15) is 4.79 Å². The van der Waals surface area contributed by atoms with E-state index in [0.29, 0.717) is 6.54 Å². The van der Waals surface area contributed by atoms with Crippen molar-refractivity contribution in [1.82, 2.24) is 9.55 Å². The van der Waals surface area contributed by atoms with Crippen LogP contribution >= 0.6 is 0 Å². The van der Waals surface area contributed by atoms with Crippen LogP contribution in [0.25, 0.3) is 17.1 Å². The quantitative estimate of drug-likeness (QED) is 0.762. The van der Waals surface area contributed by atoms with Crippen molar-refractivity contribution in [3.8, 4) is 0 Å². The van der Waals surface area contributed by atoms with Gasteiger partial charge in [0.25, 0.3) is 0 Å². The monoisotopic (exact) mass is 250 g/mol. The van der Waals surface area contributed by atoms with Gasteiger partial charge in [-0.05, 0) is 17.7 Å². The Hall–Kier alpha value is -2.55. The van der Waals surface area contributed by atoms with Gasteiger partial charge < -0.3 is 4.98 Å².